The molecule has 1 aliphatic rings. The van der Waals surface area contributed by atoms with E-state index < -0.39 is 5.97 Å². The minimum Gasteiger partial charge on any atom is -0.462 e. The van der Waals surface area contributed by atoms with Crippen molar-refractivity contribution in [3.63, 3.8) is 0 Å². The number of fused-ring (bicyclic) bond motifs is 1. The van der Waals surface area contributed by atoms with Crippen molar-refractivity contribution in [1.29, 1.82) is 0 Å². The number of nitrogens with two attached hydrogens (primary N) is 1. The highest BCUT2D eigenvalue weighted by atomic mass is 16.5. The zero-order valence-electron chi connectivity index (χ0n) is 20.7. The lowest BCUT2D eigenvalue weighted by atomic mass is 9.99. The Morgan fingerprint density at radius 1 is 1.03 bits per heavy atom. The normalized spacial score (nSPS) is 13.8. The van der Waals surface area contributed by atoms with Crippen LogP contribution in [0.2, 0.25) is 0 Å². The summed E-state index contributed by atoms with van der Waals surface area (Å²) in [6.45, 7) is 4.53. The largest absolute Gasteiger partial charge is 0.462 e. The Labute approximate surface area is 212 Å². The van der Waals surface area contributed by atoms with E-state index in [1.54, 1.807) is 25.1 Å². The Morgan fingerprint density at radius 3 is 2.47 bits per heavy atom. The first-order valence-electron chi connectivity index (χ1n) is 12.2. The summed E-state index contributed by atoms with van der Waals surface area (Å²) in [4.78, 5) is 27.6. The molecule has 0 spiro atoms. The van der Waals surface area contributed by atoms with Crippen molar-refractivity contribution in [2.24, 2.45) is 5.73 Å². The number of carbonyl (C=O) groups excluding carboxylic acids is 2. The molecule has 1 aliphatic heterocycles. The molecule has 0 unspecified atom stereocenters. The molecule has 0 atom stereocenters. The van der Waals surface area contributed by atoms with Crippen LogP contribution in [0.15, 0.2) is 72.8 Å². The van der Waals surface area contributed by atoms with Crippen LogP contribution in [0, 0.1) is 0 Å². The Balaban J connectivity index is 1.66. The van der Waals surface area contributed by atoms with E-state index in [1.807, 2.05) is 42.5 Å². The van der Waals surface area contributed by atoms with Gasteiger partial charge in [0, 0.05) is 17.8 Å². The average Bonchev–Trinajstić information content (AvgIpc) is 3.22. The van der Waals surface area contributed by atoms with Crippen LogP contribution in [0.25, 0.3) is 11.3 Å². The minimum atomic E-state index is -0.415. The molecule has 7 heteroatoms. The number of ether oxygens (including phenoxy) is 1. The van der Waals surface area contributed by atoms with Crippen LogP contribution in [-0.2, 0) is 16.1 Å². The van der Waals surface area contributed by atoms with Crippen LogP contribution in [0.3, 0.4) is 0 Å². The molecule has 0 bridgehead atoms. The fraction of sp³-hybridized carbons (Fsp3) is 0.241. The van der Waals surface area contributed by atoms with E-state index in [0.717, 1.165) is 36.3 Å². The Bertz CT molecular complexity index is 1250. The number of carbonyl (C=O) groups is 2. The lowest BCUT2D eigenvalue weighted by molar-refractivity contribution is -0.110. The van der Waals surface area contributed by atoms with Crippen LogP contribution in [-0.4, -0.2) is 43.5 Å². The van der Waals surface area contributed by atoms with E-state index in [4.69, 9.17) is 10.5 Å². The third-order valence-corrected chi connectivity index (χ3v) is 6.01. The summed E-state index contributed by atoms with van der Waals surface area (Å²) in [5.74, 6) is -0.641. The van der Waals surface area contributed by atoms with E-state index in [2.05, 4.69) is 34.7 Å². The number of amides is 1. The molecular weight excluding hydrogens is 452 g/mol. The molecule has 0 radical (unpaired) electrons. The number of hydrogen-bond acceptors (Lipinski definition) is 6. The lowest BCUT2D eigenvalue weighted by Crippen LogP contribution is -2.21. The zero-order chi connectivity index (χ0) is 25.5. The number of esters is 1. The van der Waals surface area contributed by atoms with Crippen molar-refractivity contribution in [1.82, 2.24) is 4.90 Å². The van der Waals surface area contributed by atoms with Crippen LogP contribution in [0.4, 0.5) is 11.4 Å². The monoisotopic (exact) mass is 484 g/mol. The molecule has 0 saturated carbocycles. The van der Waals surface area contributed by atoms with Gasteiger partial charge in [-0.15, -0.1) is 0 Å². The van der Waals surface area contributed by atoms with Gasteiger partial charge in [0.15, 0.2) is 0 Å². The number of rotatable bonds is 10. The summed E-state index contributed by atoms with van der Waals surface area (Å²) in [6.07, 6.45) is 0.967. The van der Waals surface area contributed by atoms with Crippen LogP contribution >= 0.6 is 0 Å². The average molecular weight is 485 g/mol. The fourth-order valence-electron chi connectivity index (χ4n) is 4.24. The van der Waals surface area contributed by atoms with E-state index in [1.165, 1.54) is 5.56 Å². The first-order valence-corrected chi connectivity index (χ1v) is 12.2. The van der Waals surface area contributed by atoms with Gasteiger partial charge in [-0.25, -0.2) is 4.79 Å². The highest BCUT2D eigenvalue weighted by molar-refractivity contribution is 6.37. The quantitative estimate of drug-likeness (QED) is 0.288. The number of hydrogen-bond donors (Lipinski definition) is 3. The molecule has 0 saturated heterocycles. The molecule has 3 aromatic rings. The molecule has 0 fully saturated rings. The summed E-state index contributed by atoms with van der Waals surface area (Å²) >= 11 is 0. The van der Waals surface area contributed by atoms with Gasteiger partial charge in [0.2, 0.25) is 0 Å². The standard InChI is InChI=1S/C29H32N4O3/c1-3-36-29(35)22-12-15-24-25(18-22)32-28(34)26(24)27(21-8-5-4-6-9-21)31-23-13-10-20(11-14-23)19-33(2)17-7-16-30/h4-6,8-15,18,31H,3,7,16-17,19,30H2,1-2H3,(H,32,34)/b27-26-. The second kappa shape index (κ2) is 11.7. The van der Waals surface area contributed by atoms with Crippen molar-refractivity contribution >= 4 is 34.5 Å². The third-order valence-electron chi connectivity index (χ3n) is 6.01. The van der Waals surface area contributed by atoms with Gasteiger partial charge in [0.25, 0.3) is 5.91 Å². The first kappa shape index (κ1) is 25.2. The molecule has 3 aromatic carbocycles. The molecule has 186 valence electrons. The summed E-state index contributed by atoms with van der Waals surface area (Å²) < 4.78 is 5.11. The second-order valence-corrected chi connectivity index (χ2v) is 8.75. The summed E-state index contributed by atoms with van der Waals surface area (Å²) in [5.41, 5.74) is 11.5. The van der Waals surface area contributed by atoms with Gasteiger partial charge in [0.05, 0.1) is 29.1 Å². The lowest BCUT2D eigenvalue weighted by Gasteiger charge is -2.17. The summed E-state index contributed by atoms with van der Waals surface area (Å²) in [7, 11) is 2.09. The Hall–Kier alpha value is -3.94. The van der Waals surface area contributed by atoms with Crippen LogP contribution < -0.4 is 16.4 Å². The van der Waals surface area contributed by atoms with Gasteiger partial charge in [-0.3, -0.25) is 4.79 Å². The topological polar surface area (TPSA) is 96.7 Å². The first-order chi connectivity index (χ1) is 17.5. The molecular formula is C29H32N4O3. The highest BCUT2D eigenvalue weighted by Gasteiger charge is 2.29. The van der Waals surface area contributed by atoms with Gasteiger partial charge in [-0.05, 0) is 68.9 Å². The second-order valence-electron chi connectivity index (χ2n) is 8.75. The molecule has 7 nitrogen and oxygen atoms in total. The van der Waals surface area contributed by atoms with E-state index >= 15 is 0 Å². The van der Waals surface area contributed by atoms with Gasteiger partial charge in [-0.2, -0.15) is 0 Å². The maximum Gasteiger partial charge on any atom is 0.338 e. The predicted molar refractivity (Wildman–Crippen MR) is 144 cm³/mol. The van der Waals surface area contributed by atoms with Crippen LogP contribution in [0.5, 0.6) is 0 Å². The van der Waals surface area contributed by atoms with E-state index in [0.29, 0.717) is 29.1 Å². The number of benzene rings is 3. The number of nitrogens with one attached hydrogen (secondary N) is 2. The molecule has 1 amide bonds. The minimum absolute atomic E-state index is 0.226. The fourth-order valence-corrected chi connectivity index (χ4v) is 4.24. The molecule has 1 heterocycles. The van der Waals surface area contributed by atoms with Crippen molar-refractivity contribution < 1.29 is 14.3 Å². The Kier molecular flexibility index (Phi) is 8.15. The van der Waals surface area contributed by atoms with E-state index in [-0.39, 0.29) is 12.5 Å². The van der Waals surface area contributed by atoms with Crippen molar-refractivity contribution in [3.05, 3.63) is 95.1 Å². The maximum absolute atomic E-state index is 13.2. The molecule has 4 N–H and O–H groups in total. The molecule has 36 heavy (non-hydrogen) atoms. The van der Waals surface area contributed by atoms with Gasteiger partial charge in [0.1, 0.15) is 0 Å². The van der Waals surface area contributed by atoms with Crippen molar-refractivity contribution in [3.8, 4) is 0 Å². The van der Waals surface area contributed by atoms with Gasteiger partial charge in [-0.1, -0.05) is 48.5 Å². The van der Waals surface area contributed by atoms with Crippen LogP contribution in [0.1, 0.15) is 40.4 Å². The van der Waals surface area contributed by atoms with Gasteiger partial charge < -0.3 is 26.0 Å². The Morgan fingerprint density at radius 2 is 1.78 bits per heavy atom. The molecule has 4 rings (SSSR count). The van der Waals surface area contributed by atoms with Crippen molar-refractivity contribution in [2.45, 2.75) is 19.9 Å². The highest BCUT2D eigenvalue weighted by Crippen LogP contribution is 2.38. The van der Waals surface area contributed by atoms with E-state index in [9.17, 15) is 9.59 Å². The van der Waals surface area contributed by atoms with Crippen molar-refractivity contribution in [2.75, 3.05) is 37.4 Å². The number of nitrogens with zero attached hydrogens (tertiary/aromatic N) is 1. The molecule has 0 aliphatic carbocycles. The SMILES string of the molecule is CCOC(=O)c1ccc2c(c1)NC(=O)/C2=C(\Nc1ccc(CN(C)CCCN)cc1)c1ccccc1. The maximum atomic E-state index is 13.2. The summed E-state index contributed by atoms with van der Waals surface area (Å²) in [6, 6.07) is 23.1. The third kappa shape index (κ3) is 5.82. The smallest absolute Gasteiger partial charge is 0.338 e. The molecule has 0 aromatic heterocycles. The zero-order valence-corrected chi connectivity index (χ0v) is 20.7. The predicted octanol–water partition coefficient (Wildman–Crippen LogP) is 4.58. The summed E-state index contributed by atoms with van der Waals surface area (Å²) in [5, 5.41) is 6.39. The number of anilines is 2. The van der Waals surface area contributed by atoms with Gasteiger partial charge >= 0.3 is 5.97 Å².